The van der Waals surface area contributed by atoms with Crippen molar-refractivity contribution in [2.75, 3.05) is 38.3 Å². The van der Waals surface area contributed by atoms with Crippen molar-refractivity contribution in [3.63, 3.8) is 0 Å². The van der Waals surface area contributed by atoms with E-state index in [0.29, 0.717) is 25.6 Å². The molecule has 3 rings (SSSR count). The minimum absolute atomic E-state index is 0.0522. The van der Waals surface area contributed by atoms with Crippen LogP contribution in [0.1, 0.15) is 5.69 Å². The molecule has 1 saturated heterocycles. The van der Waals surface area contributed by atoms with Gasteiger partial charge in [0.05, 0.1) is 12.5 Å². The second kappa shape index (κ2) is 8.53. The van der Waals surface area contributed by atoms with E-state index in [0.717, 1.165) is 18.7 Å². The van der Waals surface area contributed by atoms with E-state index in [-0.39, 0.29) is 17.7 Å². The second-order valence-electron chi connectivity index (χ2n) is 6.14. The summed E-state index contributed by atoms with van der Waals surface area (Å²) >= 11 is 0. The van der Waals surface area contributed by atoms with Crippen LogP contribution < -0.4 is 10.2 Å². The lowest BCUT2D eigenvalue weighted by molar-refractivity contribution is -0.126. The van der Waals surface area contributed by atoms with Gasteiger partial charge in [-0.15, -0.1) is 0 Å². The zero-order chi connectivity index (χ0) is 17.5. The summed E-state index contributed by atoms with van der Waals surface area (Å²) in [6.07, 6.45) is 5.92. The summed E-state index contributed by atoms with van der Waals surface area (Å²) in [4.78, 5) is 27.5. The first-order valence-electron chi connectivity index (χ1n) is 8.46. The number of methoxy groups -OCH3 is 1. The number of hydrogen-bond donors (Lipinski definition) is 1. The SMILES string of the molecule is COC[C@@H]1CN(c2ncccn2)C[C@H]1C(=O)NCCc1ccccn1. The van der Waals surface area contributed by atoms with Crippen LogP contribution >= 0.6 is 0 Å². The van der Waals surface area contributed by atoms with E-state index in [1.54, 1.807) is 31.8 Å². The Morgan fingerprint density at radius 3 is 2.72 bits per heavy atom. The molecule has 1 aliphatic rings. The third-order valence-electron chi connectivity index (χ3n) is 4.40. The molecule has 3 heterocycles. The summed E-state index contributed by atoms with van der Waals surface area (Å²) in [6.45, 7) is 2.44. The summed E-state index contributed by atoms with van der Waals surface area (Å²) in [7, 11) is 1.66. The monoisotopic (exact) mass is 341 g/mol. The molecule has 132 valence electrons. The van der Waals surface area contributed by atoms with Crippen LogP contribution in [0.3, 0.4) is 0 Å². The lowest BCUT2D eigenvalue weighted by Crippen LogP contribution is -2.37. The molecule has 0 aromatic carbocycles. The van der Waals surface area contributed by atoms with Crippen molar-refractivity contribution in [2.24, 2.45) is 11.8 Å². The average molecular weight is 341 g/mol. The number of anilines is 1. The highest BCUT2D eigenvalue weighted by molar-refractivity contribution is 5.80. The number of nitrogens with zero attached hydrogens (tertiary/aromatic N) is 4. The summed E-state index contributed by atoms with van der Waals surface area (Å²) in [5, 5.41) is 3.03. The van der Waals surface area contributed by atoms with E-state index >= 15 is 0 Å². The summed E-state index contributed by atoms with van der Waals surface area (Å²) in [5.41, 5.74) is 0.974. The highest BCUT2D eigenvalue weighted by Gasteiger charge is 2.38. The fourth-order valence-corrected chi connectivity index (χ4v) is 3.16. The molecular formula is C18H23N5O2. The van der Waals surface area contributed by atoms with E-state index in [4.69, 9.17) is 4.74 Å². The zero-order valence-corrected chi connectivity index (χ0v) is 14.3. The minimum Gasteiger partial charge on any atom is -0.384 e. The highest BCUT2D eigenvalue weighted by Crippen LogP contribution is 2.26. The van der Waals surface area contributed by atoms with Gasteiger partial charge in [0, 0.05) is 63.4 Å². The topological polar surface area (TPSA) is 80.2 Å². The van der Waals surface area contributed by atoms with E-state index in [1.807, 2.05) is 23.1 Å². The molecule has 1 N–H and O–H groups in total. The van der Waals surface area contributed by atoms with Crippen LogP contribution in [0, 0.1) is 11.8 Å². The molecule has 1 aliphatic heterocycles. The Balaban J connectivity index is 1.57. The lowest BCUT2D eigenvalue weighted by atomic mass is 9.96. The fourth-order valence-electron chi connectivity index (χ4n) is 3.16. The van der Waals surface area contributed by atoms with Crippen molar-refractivity contribution in [1.29, 1.82) is 0 Å². The molecule has 2 aromatic rings. The van der Waals surface area contributed by atoms with Crippen LogP contribution in [0.15, 0.2) is 42.9 Å². The number of aromatic nitrogens is 3. The molecule has 0 radical (unpaired) electrons. The molecule has 1 fully saturated rings. The summed E-state index contributed by atoms with van der Waals surface area (Å²) in [6, 6.07) is 7.58. The zero-order valence-electron chi connectivity index (χ0n) is 14.3. The first-order valence-corrected chi connectivity index (χ1v) is 8.46. The molecule has 0 bridgehead atoms. The van der Waals surface area contributed by atoms with Gasteiger partial charge in [0.2, 0.25) is 11.9 Å². The van der Waals surface area contributed by atoms with E-state index in [2.05, 4.69) is 20.3 Å². The van der Waals surface area contributed by atoms with Crippen molar-refractivity contribution in [3.8, 4) is 0 Å². The molecule has 0 unspecified atom stereocenters. The molecule has 0 saturated carbocycles. The van der Waals surface area contributed by atoms with Gasteiger partial charge in [-0.1, -0.05) is 6.07 Å². The van der Waals surface area contributed by atoms with Crippen LogP contribution in [0.5, 0.6) is 0 Å². The maximum atomic E-state index is 12.6. The Kier molecular flexibility index (Phi) is 5.90. The van der Waals surface area contributed by atoms with Crippen molar-refractivity contribution in [1.82, 2.24) is 20.3 Å². The van der Waals surface area contributed by atoms with Crippen molar-refractivity contribution in [3.05, 3.63) is 48.5 Å². The summed E-state index contributed by atoms with van der Waals surface area (Å²) in [5.74, 6) is 0.708. The van der Waals surface area contributed by atoms with Crippen LogP contribution in [0.25, 0.3) is 0 Å². The molecule has 0 aliphatic carbocycles. The van der Waals surface area contributed by atoms with Crippen LogP contribution in [-0.4, -0.2) is 54.2 Å². The first-order chi connectivity index (χ1) is 12.3. The largest absolute Gasteiger partial charge is 0.384 e. The standard InChI is InChI=1S/C18H23N5O2/c1-25-13-14-11-23(18-21-8-4-9-22-18)12-16(14)17(24)20-10-6-15-5-2-3-7-19-15/h2-5,7-9,14,16H,6,10-13H2,1H3,(H,20,24)/t14-,16+/m0/s1. The van der Waals surface area contributed by atoms with Gasteiger partial charge >= 0.3 is 0 Å². The van der Waals surface area contributed by atoms with Crippen molar-refractivity contribution >= 4 is 11.9 Å². The number of hydrogen-bond acceptors (Lipinski definition) is 6. The lowest BCUT2D eigenvalue weighted by Gasteiger charge is -2.16. The Labute approximate surface area is 147 Å². The van der Waals surface area contributed by atoms with Crippen molar-refractivity contribution in [2.45, 2.75) is 6.42 Å². The fraction of sp³-hybridized carbons (Fsp3) is 0.444. The normalized spacial score (nSPS) is 19.8. The van der Waals surface area contributed by atoms with Crippen LogP contribution in [-0.2, 0) is 16.0 Å². The molecule has 2 atom stereocenters. The van der Waals surface area contributed by atoms with Gasteiger partial charge in [-0.3, -0.25) is 9.78 Å². The maximum absolute atomic E-state index is 12.6. The Hall–Kier alpha value is -2.54. The van der Waals surface area contributed by atoms with Gasteiger partial charge in [0.25, 0.3) is 0 Å². The highest BCUT2D eigenvalue weighted by atomic mass is 16.5. The Bertz CT molecular complexity index is 668. The second-order valence-corrected chi connectivity index (χ2v) is 6.14. The number of nitrogens with one attached hydrogen (secondary N) is 1. The number of carbonyl (C=O) groups excluding carboxylic acids is 1. The molecule has 0 spiro atoms. The smallest absolute Gasteiger partial charge is 0.225 e. The van der Waals surface area contributed by atoms with E-state index in [1.165, 1.54) is 0 Å². The molecule has 7 heteroatoms. The number of pyridine rings is 1. The van der Waals surface area contributed by atoms with Crippen molar-refractivity contribution < 1.29 is 9.53 Å². The predicted molar refractivity (Wildman–Crippen MR) is 94.1 cm³/mol. The van der Waals surface area contributed by atoms with Crippen LogP contribution in [0.2, 0.25) is 0 Å². The van der Waals surface area contributed by atoms with E-state index in [9.17, 15) is 4.79 Å². The third-order valence-corrected chi connectivity index (χ3v) is 4.40. The number of ether oxygens (including phenoxy) is 1. The predicted octanol–water partition coefficient (Wildman–Crippen LogP) is 0.929. The van der Waals surface area contributed by atoms with Gasteiger partial charge in [-0.05, 0) is 18.2 Å². The minimum atomic E-state index is -0.132. The number of rotatable bonds is 7. The van der Waals surface area contributed by atoms with Gasteiger partial charge in [-0.25, -0.2) is 9.97 Å². The third kappa shape index (κ3) is 4.51. The molecule has 1 amide bonds. The van der Waals surface area contributed by atoms with Gasteiger partial charge in [0.15, 0.2) is 0 Å². The molecule has 25 heavy (non-hydrogen) atoms. The Morgan fingerprint density at radius 1 is 1.20 bits per heavy atom. The van der Waals surface area contributed by atoms with Crippen LogP contribution in [0.4, 0.5) is 5.95 Å². The maximum Gasteiger partial charge on any atom is 0.225 e. The first kappa shape index (κ1) is 17.3. The number of carbonyl (C=O) groups is 1. The average Bonchev–Trinajstić information content (AvgIpc) is 3.08. The quantitative estimate of drug-likeness (QED) is 0.807. The number of amides is 1. The molecular weight excluding hydrogens is 318 g/mol. The van der Waals surface area contributed by atoms with Gasteiger partial charge in [0.1, 0.15) is 0 Å². The summed E-state index contributed by atoms with van der Waals surface area (Å²) < 4.78 is 5.31. The van der Waals surface area contributed by atoms with Gasteiger partial charge < -0.3 is 15.0 Å². The van der Waals surface area contributed by atoms with Gasteiger partial charge in [-0.2, -0.15) is 0 Å². The van der Waals surface area contributed by atoms with E-state index < -0.39 is 0 Å². The Morgan fingerprint density at radius 2 is 2.00 bits per heavy atom. The molecule has 7 nitrogen and oxygen atoms in total. The molecule has 2 aromatic heterocycles.